The van der Waals surface area contributed by atoms with Gasteiger partial charge in [-0.3, -0.25) is 0 Å². The van der Waals surface area contributed by atoms with Crippen LogP contribution >= 0.6 is 11.6 Å². The summed E-state index contributed by atoms with van der Waals surface area (Å²) < 4.78 is 6.75. The molecule has 7 nitrogen and oxygen atoms in total. The summed E-state index contributed by atoms with van der Waals surface area (Å²) in [5.74, 6) is 0.00144. The van der Waals surface area contributed by atoms with Gasteiger partial charge in [-0.2, -0.15) is 0 Å². The number of nitrogens with two attached hydrogens (primary N) is 1. The fraction of sp³-hybridized carbons (Fsp3) is 0.333. The van der Waals surface area contributed by atoms with Crippen molar-refractivity contribution in [3.8, 4) is 0 Å². The van der Waals surface area contributed by atoms with Crippen LogP contribution in [0.3, 0.4) is 0 Å². The fourth-order valence-corrected chi connectivity index (χ4v) is 1.71. The Morgan fingerprint density at radius 1 is 1.50 bits per heavy atom. The summed E-state index contributed by atoms with van der Waals surface area (Å²) in [6, 6.07) is 4.57. The summed E-state index contributed by atoms with van der Waals surface area (Å²) in [5.41, 5.74) is 6.30. The number of aryl methyl sites for hydroxylation is 1. The standard InChI is InChI=1S/C12H14ClN5O2/c1-2-5-18-11(15-16-17-18)7-20-12(19)8-3-4-9(13)10(14)6-8/h3-4,6H,2,5,7,14H2,1H3. The number of aromatic nitrogens is 4. The van der Waals surface area contributed by atoms with Crippen molar-refractivity contribution in [1.82, 2.24) is 20.2 Å². The molecule has 0 saturated heterocycles. The SMILES string of the molecule is CCCn1nnnc1COC(=O)c1ccc(Cl)c(N)c1. The molecule has 0 aliphatic rings. The Labute approximate surface area is 120 Å². The number of hydrogen-bond acceptors (Lipinski definition) is 6. The van der Waals surface area contributed by atoms with Gasteiger partial charge < -0.3 is 10.5 Å². The van der Waals surface area contributed by atoms with Crippen LogP contribution in [0.25, 0.3) is 0 Å². The first-order chi connectivity index (χ1) is 9.61. The predicted octanol–water partition coefficient (Wildman–Crippen LogP) is 1.68. The van der Waals surface area contributed by atoms with Gasteiger partial charge in [-0.05, 0) is 35.0 Å². The van der Waals surface area contributed by atoms with E-state index >= 15 is 0 Å². The maximum absolute atomic E-state index is 11.9. The highest BCUT2D eigenvalue weighted by atomic mass is 35.5. The number of halogens is 1. The third-order valence-corrected chi connectivity index (χ3v) is 2.95. The molecular formula is C12H14ClN5O2. The molecule has 2 rings (SSSR count). The molecule has 0 unspecified atom stereocenters. The highest BCUT2D eigenvalue weighted by Crippen LogP contribution is 2.20. The smallest absolute Gasteiger partial charge is 0.338 e. The molecule has 1 aromatic carbocycles. The molecule has 0 atom stereocenters. The summed E-state index contributed by atoms with van der Waals surface area (Å²) in [6.45, 7) is 2.69. The minimum atomic E-state index is -0.501. The lowest BCUT2D eigenvalue weighted by atomic mass is 10.2. The van der Waals surface area contributed by atoms with Crippen LogP contribution in [0.15, 0.2) is 18.2 Å². The molecule has 0 aliphatic carbocycles. The number of carbonyl (C=O) groups is 1. The zero-order valence-corrected chi connectivity index (χ0v) is 11.7. The van der Waals surface area contributed by atoms with Crippen LogP contribution in [0.4, 0.5) is 5.69 Å². The van der Waals surface area contributed by atoms with E-state index in [2.05, 4.69) is 15.5 Å². The fourth-order valence-electron chi connectivity index (χ4n) is 1.60. The quantitative estimate of drug-likeness (QED) is 0.666. The number of anilines is 1. The third-order valence-electron chi connectivity index (χ3n) is 2.61. The van der Waals surface area contributed by atoms with Crippen LogP contribution in [0, 0.1) is 0 Å². The van der Waals surface area contributed by atoms with Gasteiger partial charge in [0.05, 0.1) is 16.3 Å². The molecule has 1 aromatic heterocycles. The van der Waals surface area contributed by atoms with Crippen molar-refractivity contribution in [1.29, 1.82) is 0 Å². The second-order valence-electron chi connectivity index (χ2n) is 4.13. The normalized spacial score (nSPS) is 10.5. The van der Waals surface area contributed by atoms with E-state index in [1.54, 1.807) is 16.8 Å². The number of carbonyl (C=O) groups excluding carboxylic acids is 1. The molecule has 0 bridgehead atoms. The van der Waals surface area contributed by atoms with Gasteiger partial charge >= 0.3 is 5.97 Å². The van der Waals surface area contributed by atoms with E-state index < -0.39 is 5.97 Å². The van der Waals surface area contributed by atoms with Crippen molar-refractivity contribution in [3.05, 3.63) is 34.6 Å². The minimum Gasteiger partial charge on any atom is -0.454 e. The predicted molar refractivity (Wildman–Crippen MR) is 73.1 cm³/mol. The average Bonchev–Trinajstić information content (AvgIpc) is 2.87. The van der Waals surface area contributed by atoms with Gasteiger partial charge in [0.2, 0.25) is 0 Å². The number of nitrogen functional groups attached to an aromatic ring is 1. The molecule has 2 aromatic rings. The molecule has 0 spiro atoms. The summed E-state index contributed by atoms with van der Waals surface area (Å²) in [5, 5.41) is 11.6. The number of esters is 1. The zero-order chi connectivity index (χ0) is 14.5. The Morgan fingerprint density at radius 2 is 2.30 bits per heavy atom. The highest BCUT2D eigenvalue weighted by Gasteiger charge is 2.12. The molecule has 8 heteroatoms. The van der Waals surface area contributed by atoms with E-state index in [1.807, 2.05) is 6.92 Å². The number of hydrogen-bond donors (Lipinski definition) is 1. The molecule has 2 N–H and O–H groups in total. The van der Waals surface area contributed by atoms with E-state index in [4.69, 9.17) is 22.1 Å². The van der Waals surface area contributed by atoms with E-state index in [0.717, 1.165) is 6.42 Å². The highest BCUT2D eigenvalue weighted by molar-refractivity contribution is 6.33. The van der Waals surface area contributed by atoms with Gasteiger partial charge in [0.15, 0.2) is 12.4 Å². The molecular weight excluding hydrogens is 282 g/mol. The summed E-state index contributed by atoms with van der Waals surface area (Å²) >= 11 is 5.79. The van der Waals surface area contributed by atoms with Gasteiger partial charge in [-0.15, -0.1) is 5.10 Å². The van der Waals surface area contributed by atoms with Crippen molar-refractivity contribution in [3.63, 3.8) is 0 Å². The Morgan fingerprint density at radius 3 is 3.00 bits per heavy atom. The zero-order valence-electron chi connectivity index (χ0n) is 10.9. The lowest BCUT2D eigenvalue weighted by Gasteiger charge is -2.06. The Kier molecular flexibility index (Phi) is 4.52. The number of benzene rings is 1. The van der Waals surface area contributed by atoms with Crippen molar-refractivity contribution in [2.24, 2.45) is 0 Å². The van der Waals surface area contributed by atoms with Gasteiger partial charge in [0.1, 0.15) is 0 Å². The average molecular weight is 296 g/mol. The summed E-state index contributed by atoms with van der Waals surface area (Å²) in [7, 11) is 0. The maximum atomic E-state index is 11.9. The minimum absolute atomic E-state index is 0.00830. The van der Waals surface area contributed by atoms with Crippen LogP contribution in [0.1, 0.15) is 29.5 Å². The number of ether oxygens (including phenoxy) is 1. The number of nitrogens with zero attached hydrogens (tertiary/aromatic N) is 4. The van der Waals surface area contributed by atoms with Crippen molar-refractivity contribution in [2.45, 2.75) is 26.5 Å². The van der Waals surface area contributed by atoms with Gasteiger partial charge in [-0.25, -0.2) is 9.48 Å². The van der Waals surface area contributed by atoms with Crippen LogP contribution in [-0.4, -0.2) is 26.2 Å². The topological polar surface area (TPSA) is 95.9 Å². The van der Waals surface area contributed by atoms with E-state index in [0.29, 0.717) is 28.6 Å². The Balaban J connectivity index is 2.01. The lowest BCUT2D eigenvalue weighted by Crippen LogP contribution is -2.11. The van der Waals surface area contributed by atoms with E-state index in [-0.39, 0.29) is 6.61 Å². The Hall–Kier alpha value is -2.15. The molecule has 0 amide bonds. The van der Waals surface area contributed by atoms with Crippen LogP contribution in [0.5, 0.6) is 0 Å². The maximum Gasteiger partial charge on any atom is 0.338 e. The molecule has 0 fully saturated rings. The van der Waals surface area contributed by atoms with E-state index in [9.17, 15) is 4.79 Å². The second kappa shape index (κ2) is 6.33. The molecule has 20 heavy (non-hydrogen) atoms. The summed E-state index contributed by atoms with van der Waals surface area (Å²) in [6.07, 6.45) is 0.889. The number of rotatable bonds is 5. The molecule has 0 aliphatic heterocycles. The van der Waals surface area contributed by atoms with E-state index in [1.165, 1.54) is 6.07 Å². The third kappa shape index (κ3) is 3.24. The van der Waals surface area contributed by atoms with Gasteiger partial charge in [0, 0.05) is 6.54 Å². The largest absolute Gasteiger partial charge is 0.454 e. The first kappa shape index (κ1) is 14.3. The summed E-state index contributed by atoms with van der Waals surface area (Å²) in [4.78, 5) is 11.9. The van der Waals surface area contributed by atoms with Crippen molar-refractivity contribution in [2.75, 3.05) is 5.73 Å². The lowest BCUT2D eigenvalue weighted by molar-refractivity contribution is 0.0456. The first-order valence-corrected chi connectivity index (χ1v) is 6.46. The van der Waals surface area contributed by atoms with Crippen LogP contribution in [-0.2, 0) is 17.9 Å². The first-order valence-electron chi connectivity index (χ1n) is 6.09. The molecule has 0 saturated carbocycles. The molecule has 0 radical (unpaired) electrons. The molecule has 106 valence electrons. The molecule has 1 heterocycles. The monoisotopic (exact) mass is 295 g/mol. The van der Waals surface area contributed by atoms with Crippen LogP contribution < -0.4 is 5.73 Å². The second-order valence-corrected chi connectivity index (χ2v) is 4.54. The van der Waals surface area contributed by atoms with Gasteiger partial charge in [0.25, 0.3) is 0 Å². The van der Waals surface area contributed by atoms with Crippen LogP contribution in [0.2, 0.25) is 5.02 Å². The van der Waals surface area contributed by atoms with Crippen molar-refractivity contribution >= 4 is 23.3 Å². The van der Waals surface area contributed by atoms with Gasteiger partial charge in [-0.1, -0.05) is 18.5 Å². The number of tetrazole rings is 1. The Bertz CT molecular complexity index is 614. The van der Waals surface area contributed by atoms with Crippen molar-refractivity contribution < 1.29 is 9.53 Å².